The van der Waals surface area contributed by atoms with Crippen molar-refractivity contribution < 1.29 is 29.6 Å². The molecule has 0 saturated carbocycles. The summed E-state index contributed by atoms with van der Waals surface area (Å²) in [6.45, 7) is 5.42. The third-order valence-corrected chi connectivity index (χ3v) is 4.33. The molecule has 0 aromatic heterocycles. The van der Waals surface area contributed by atoms with Crippen molar-refractivity contribution >= 4 is 11.9 Å². The van der Waals surface area contributed by atoms with Crippen LogP contribution in [0.1, 0.15) is 84.0 Å². The molecule has 0 aliphatic rings. The highest BCUT2D eigenvalue weighted by Gasteiger charge is 2.18. The van der Waals surface area contributed by atoms with E-state index in [2.05, 4.69) is 13.5 Å². The van der Waals surface area contributed by atoms with Crippen LogP contribution >= 0.6 is 0 Å². The molecule has 152 valence electrons. The molecule has 0 bridgehead atoms. The van der Waals surface area contributed by atoms with Gasteiger partial charge in [-0.25, -0.2) is 4.79 Å². The van der Waals surface area contributed by atoms with Gasteiger partial charge in [-0.05, 0) is 32.1 Å². The van der Waals surface area contributed by atoms with Gasteiger partial charge in [-0.3, -0.25) is 4.79 Å². The Kier molecular flexibility index (Phi) is 15.0. The first-order valence-electron chi connectivity index (χ1n) is 9.80. The number of carbonyl (C=O) groups is 2. The van der Waals surface area contributed by atoms with Gasteiger partial charge in [0.1, 0.15) is 6.10 Å². The van der Waals surface area contributed by atoms with E-state index in [1.54, 1.807) is 0 Å². The SMILES string of the molecule is C=C(CC(=O)O)C(=O)OC(CCCCCCCC)CCCCC(O)CO. The summed E-state index contributed by atoms with van der Waals surface area (Å²) >= 11 is 0. The normalized spacial score (nSPS) is 13.2. The molecular weight excluding hydrogens is 336 g/mol. The van der Waals surface area contributed by atoms with E-state index in [0.29, 0.717) is 12.8 Å². The monoisotopic (exact) mass is 372 g/mol. The van der Waals surface area contributed by atoms with Gasteiger partial charge in [0.05, 0.1) is 19.1 Å². The predicted molar refractivity (Wildman–Crippen MR) is 101 cm³/mol. The zero-order chi connectivity index (χ0) is 19.8. The van der Waals surface area contributed by atoms with Gasteiger partial charge in [0.25, 0.3) is 0 Å². The zero-order valence-corrected chi connectivity index (χ0v) is 16.1. The first-order chi connectivity index (χ1) is 12.4. The standard InChI is InChI=1S/C20H36O6/c1-3-4-5-6-7-8-12-18(13-10-9-11-17(22)15-21)26-20(25)16(2)14-19(23)24/h17-18,21-22H,2-15H2,1H3,(H,23,24). The molecule has 0 aromatic rings. The summed E-state index contributed by atoms with van der Waals surface area (Å²) in [5, 5.41) is 26.9. The molecule has 0 fully saturated rings. The molecule has 0 saturated heterocycles. The van der Waals surface area contributed by atoms with Gasteiger partial charge >= 0.3 is 11.9 Å². The molecule has 0 spiro atoms. The lowest BCUT2D eigenvalue weighted by atomic mass is 10.0. The largest absolute Gasteiger partial charge is 0.481 e. The van der Waals surface area contributed by atoms with E-state index in [1.165, 1.54) is 25.7 Å². The second-order valence-corrected chi connectivity index (χ2v) is 6.88. The number of carboxylic acids is 1. The maximum atomic E-state index is 12.0. The first kappa shape index (κ1) is 24.6. The van der Waals surface area contributed by atoms with E-state index in [-0.39, 0.29) is 18.3 Å². The lowest BCUT2D eigenvalue weighted by Gasteiger charge is -2.19. The second-order valence-electron chi connectivity index (χ2n) is 6.88. The van der Waals surface area contributed by atoms with Gasteiger partial charge in [-0.15, -0.1) is 0 Å². The Balaban J connectivity index is 4.31. The highest BCUT2D eigenvalue weighted by Crippen LogP contribution is 2.18. The van der Waals surface area contributed by atoms with Crippen molar-refractivity contribution in [2.45, 2.75) is 96.2 Å². The smallest absolute Gasteiger partial charge is 0.334 e. The number of aliphatic hydroxyl groups excluding tert-OH is 2. The predicted octanol–water partition coefficient (Wildman–Crippen LogP) is 3.59. The Morgan fingerprint density at radius 3 is 2.08 bits per heavy atom. The molecule has 0 amide bonds. The summed E-state index contributed by atoms with van der Waals surface area (Å²) < 4.78 is 5.46. The highest BCUT2D eigenvalue weighted by atomic mass is 16.5. The number of unbranched alkanes of at least 4 members (excludes halogenated alkanes) is 6. The van der Waals surface area contributed by atoms with Crippen LogP contribution < -0.4 is 0 Å². The quantitative estimate of drug-likeness (QED) is 0.205. The minimum absolute atomic E-state index is 0.0406. The van der Waals surface area contributed by atoms with Gasteiger partial charge in [-0.1, -0.05) is 52.0 Å². The van der Waals surface area contributed by atoms with E-state index in [0.717, 1.165) is 32.1 Å². The second kappa shape index (κ2) is 15.8. The highest BCUT2D eigenvalue weighted by molar-refractivity contribution is 5.92. The summed E-state index contributed by atoms with van der Waals surface area (Å²) in [6, 6.07) is 0. The lowest BCUT2D eigenvalue weighted by molar-refractivity contribution is -0.147. The van der Waals surface area contributed by atoms with Crippen LogP contribution in [0.2, 0.25) is 0 Å². The van der Waals surface area contributed by atoms with Crippen LogP contribution in [0.15, 0.2) is 12.2 Å². The number of esters is 1. The van der Waals surface area contributed by atoms with Crippen LogP contribution in [0.5, 0.6) is 0 Å². The van der Waals surface area contributed by atoms with Crippen LogP contribution in [0.4, 0.5) is 0 Å². The van der Waals surface area contributed by atoms with E-state index in [1.807, 2.05) is 0 Å². The maximum Gasteiger partial charge on any atom is 0.334 e. The Morgan fingerprint density at radius 1 is 0.962 bits per heavy atom. The van der Waals surface area contributed by atoms with Crippen molar-refractivity contribution in [3.8, 4) is 0 Å². The topological polar surface area (TPSA) is 104 Å². The Bertz CT molecular complexity index is 407. The fourth-order valence-electron chi connectivity index (χ4n) is 2.75. The van der Waals surface area contributed by atoms with Gasteiger partial charge in [-0.2, -0.15) is 0 Å². The molecule has 6 heteroatoms. The number of hydrogen-bond acceptors (Lipinski definition) is 5. The fraction of sp³-hybridized carbons (Fsp3) is 0.800. The summed E-state index contributed by atoms with van der Waals surface area (Å²) in [5.41, 5.74) is -0.0406. The van der Waals surface area contributed by atoms with Crippen molar-refractivity contribution in [2.75, 3.05) is 6.61 Å². The molecule has 0 aliphatic heterocycles. The summed E-state index contributed by atoms with van der Waals surface area (Å²) in [4.78, 5) is 22.7. The molecular formula is C20H36O6. The van der Waals surface area contributed by atoms with E-state index in [4.69, 9.17) is 14.9 Å². The number of aliphatic carboxylic acids is 1. The van der Waals surface area contributed by atoms with Crippen LogP contribution in [-0.4, -0.2) is 46.1 Å². The minimum atomic E-state index is -1.10. The van der Waals surface area contributed by atoms with E-state index >= 15 is 0 Å². The Hall–Kier alpha value is -1.40. The average molecular weight is 373 g/mol. The molecule has 26 heavy (non-hydrogen) atoms. The molecule has 0 rings (SSSR count). The molecule has 2 atom stereocenters. The minimum Gasteiger partial charge on any atom is -0.481 e. The maximum absolute atomic E-state index is 12.0. The Morgan fingerprint density at radius 2 is 1.50 bits per heavy atom. The lowest BCUT2D eigenvalue weighted by Crippen LogP contribution is -2.21. The molecule has 0 aromatic carbocycles. The number of aliphatic hydroxyl groups is 2. The molecule has 6 nitrogen and oxygen atoms in total. The van der Waals surface area contributed by atoms with Gasteiger partial charge in [0.2, 0.25) is 0 Å². The van der Waals surface area contributed by atoms with Crippen molar-refractivity contribution in [1.82, 2.24) is 0 Å². The first-order valence-corrected chi connectivity index (χ1v) is 9.80. The van der Waals surface area contributed by atoms with E-state index < -0.39 is 24.5 Å². The molecule has 2 unspecified atom stereocenters. The molecule has 0 heterocycles. The molecule has 0 aliphatic carbocycles. The zero-order valence-electron chi connectivity index (χ0n) is 16.1. The third kappa shape index (κ3) is 13.8. The van der Waals surface area contributed by atoms with Gasteiger partial charge in [0.15, 0.2) is 0 Å². The van der Waals surface area contributed by atoms with Crippen molar-refractivity contribution in [3.05, 3.63) is 12.2 Å². The number of ether oxygens (including phenoxy) is 1. The van der Waals surface area contributed by atoms with Crippen molar-refractivity contribution in [2.24, 2.45) is 0 Å². The molecule has 3 N–H and O–H groups in total. The number of carbonyl (C=O) groups excluding carboxylic acids is 1. The van der Waals surface area contributed by atoms with Crippen LogP contribution in [0, 0.1) is 0 Å². The van der Waals surface area contributed by atoms with Crippen LogP contribution in [0.3, 0.4) is 0 Å². The number of rotatable bonds is 17. The average Bonchev–Trinajstić information content (AvgIpc) is 2.60. The third-order valence-electron chi connectivity index (χ3n) is 4.33. The molecule has 0 radical (unpaired) electrons. The van der Waals surface area contributed by atoms with Crippen molar-refractivity contribution in [1.29, 1.82) is 0 Å². The summed E-state index contributed by atoms with van der Waals surface area (Å²) in [7, 11) is 0. The van der Waals surface area contributed by atoms with E-state index in [9.17, 15) is 14.7 Å². The number of carboxylic acid groups (broad SMARTS) is 1. The fourth-order valence-corrected chi connectivity index (χ4v) is 2.75. The van der Waals surface area contributed by atoms with Crippen LogP contribution in [0.25, 0.3) is 0 Å². The summed E-state index contributed by atoms with van der Waals surface area (Å²) in [5.74, 6) is -1.74. The Labute approximate surface area is 157 Å². The number of hydrogen-bond donors (Lipinski definition) is 3. The van der Waals surface area contributed by atoms with Gasteiger partial charge in [0, 0.05) is 5.57 Å². The summed E-state index contributed by atoms with van der Waals surface area (Å²) in [6.07, 6.45) is 8.95. The van der Waals surface area contributed by atoms with Gasteiger partial charge < -0.3 is 20.1 Å². The van der Waals surface area contributed by atoms with Crippen molar-refractivity contribution in [3.63, 3.8) is 0 Å². The van der Waals surface area contributed by atoms with Crippen LogP contribution in [-0.2, 0) is 14.3 Å².